The summed E-state index contributed by atoms with van der Waals surface area (Å²) in [6, 6.07) is 77.8. The van der Waals surface area contributed by atoms with E-state index in [0.29, 0.717) is 0 Å². The summed E-state index contributed by atoms with van der Waals surface area (Å²) in [6.07, 6.45) is 0. The third-order valence-corrected chi connectivity index (χ3v) is 12.4. The maximum Gasteiger partial charge on any atom is 0.0468 e. The third kappa shape index (κ3) is 5.46. The first kappa shape index (κ1) is 32.4. The normalized spacial score (nSPS) is 11.6. The molecule has 0 radical (unpaired) electrons. The van der Waals surface area contributed by atoms with Gasteiger partial charge in [-0.2, -0.15) is 0 Å². The van der Waals surface area contributed by atoms with E-state index in [2.05, 4.69) is 217 Å². The topological polar surface area (TPSA) is 3.24 Å². The van der Waals surface area contributed by atoms with Gasteiger partial charge < -0.3 is 4.90 Å². The van der Waals surface area contributed by atoms with Gasteiger partial charge >= 0.3 is 0 Å². The Balaban J connectivity index is 1.19. The first-order valence-corrected chi connectivity index (χ1v) is 20.0. The molecule has 0 amide bonds. The Morgan fingerprint density at radius 3 is 1.71 bits per heavy atom. The second-order valence-corrected chi connectivity index (χ2v) is 15.5. The Bertz CT molecular complexity index is 3250. The van der Waals surface area contributed by atoms with Crippen molar-refractivity contribution in [2.75, 3.05) is 4.90 Å². The van der Waals surface area contributed by atoms with E-state index in [1.807, 2.05) is 11.3 Å². The fourth-order valence-corrected chi connectivity index (χ4v) is 9.82. The first-order valence-electron chi connectivity index (χ1n) is 19.2. The first-order chi connectivity index (χ1) is 27.8. The van der Waals surface area contributed by atoms with Crippen LogP contribution in [0.3, 0.4) is 0 Å². The van der Waals surface area contributed by atoms with Crippen molar-refractivity contribution in [3.05, 3.63) is 212 Å². The van der Waals surface area contributed by atoms with Crippen LogP contribution in [0.1, 0.15) is 0 Å². The molecule has 0 saturated heterocycles. The van der Waals surface area contributed by atoms with Gasteiger partial charge in [0.05, 0.1) is 0 Å². The van der Waals surface area contributed by atoms with Crippen LogP contribution in [0.25, 0.3) is 85.9 Å². The molecule has 56 heavy (non-hydrogen) atoms. The number of hydrogen-bond acceptors (Lipinski definition) is 2. The molecule has 0 fully saturated rings. The van der Waals surface area contributed by atoms with Crippen LogP contribution in [0.4, 0.5) is 17.1 Å². The molecule has 0 atom stereocenters. The minimum absolute atomic E-state index is 1.10. The predicted molar refractivity (Wildman–Crippen MR) is 243 cm³/mol. The molecule has 0 aliphatic rings. The molecule has 0 spiro atoms. The Hall–Kier alpha value is -7.00. The van der Waals surface area contributed by atoms with E-state index in [-0.39, 0.29) is 0 Å². The number of hydrogen-bond donors (Lipinski definition) is 0. The summed E-state index contributed by atoms with van der Waals surface area (Å²) < 4.78 is 2.63. The largest absolute Gasteiger partial charge is 0.310 e. The van der Waals surface area contributed by atoms with Gasteiger partial charge in [0, 0.05) is 42.8 Å². The highest BCUT2D eigenvalue weighted by atomic mass is 32.1. The quantitative estimate of drug-likeness (QED) is 0.154. The van der Waals surface area contributed by atoms with Crippen LogP contribution < -0.4 is 4.90 Å². The number of nitrogens with zero attached hydrogens (tertiary/aromatic N) is 1. The molecule has 0 aliphatic carbocycles. The molecule has 1 heterocycles. The second kappa shape index (κ2) is 13.4. The summed E-state index contributed by atoms with van der Waals surface area (Å²) in [5, 5.41) is 10.1. The van der Waals surface area contributed by atoms with Gasteiger partial charge in [-0.1, -0.05) is 164 Å². The Labute approximate surface area is 330 Å². The maximum atomic E-state index is 2.43. The molecule has 262 valence electrons. The van der Waals surface area contributed by atoms with Crippen molar-refractivity contribution in [3.8, 4) is 33.4 Å². The van der Waals surface area contributed by atoms with Crippen LogP contribution in [-0.2, 0) is 0 Å². The number of thiophene rings is 1. The van der Waals surface area contributed by atoms with Gasteiger partial charge in [-0.3, -0.25) is 0 Å². The van der Waals surface area contributed by atoms with Gasteiger partial charge in [-0.15, -0.1) is 11.3 Å². The molecule has 1 nitrogen and oxygen atoms in total. The molecular formula is C54H35NS. The molecule has 10 aromatic carbocycles. The van der Waals surface area contributed by atoms with Gasteiger partial charge in [0.15, 0.2) is 0 Å². The average Bonchev–Trinajstić information content (AvgIpc) is 3.64. The zero-order chi connectivity index (χ0) is 37.0. The minimum Gasteiger partial charge on any atom is -0.310 e. The molecule has 1 aromatic heterocycles. The van der Waals surface area contributed by atoms with Crippen molar-refractivity contribution >= 4 is 80.9 Å². The van der Waals surface area contributed by atoms with E-state index in [4.69, 9.17) is 0 Å². The van der Waals surface area contributed by atoms with Crippen molar-refractivity contribution in [3.63, 3.8) is 0 Å². The van der Waals surface area contributed by atoms with Gasteiger partial charge in [-0.25, -0.2) is 0 Å². The summed E-state index contributed by atoms with van der Waals surface area (Å²) >= 11 is 1.90. The van der Waals surface area contributed by atoms with Crippen LogP contribution in [0.15, 0.2) is 212 Å². The SMILES string of the molecule is c1ccc(-c2cccc(N(c3ccc(-c4c5ccccc5cc5c4sc4ccccc45)c(-c4ccccc4)c3)c3ccc4ccc5ccccc5c4c3)c2)cc1. The molecule has 0 saturated carbocycles. The molecule has 0 bridgehead atoms. The summed E-state index contributed by atoms with van der Waals surface area (Å²) in [5.41, 5.74) is 10.6. The monoisotopic (exact) mass is 729 g/mol. The molecule has 0 N–H and O–H groups in total. The highest BCUT2D eigenvalue weighted by molar-refractivity contribution is 7.26. The molecule has 11 aromatic rings. The second-order valence-electron chi connectivity index (χ2n) is 14.5. The number of fused-ring (bicyclic) bond motifs is 7. The van der Waals surface area contributed by atoms with Crippen LogP contribution >= 0.6 is 11.3 Å². The number of benzene rings is 10. The predicted octanol–water partition coefficient (Wildman–Crippen LogP) is 16.0. The Kier molecular flexibility index (Phi) is 7.75. The Morgan fingerprint density at radius 1 is 0.304 bits per heavy atom. The summed E-state index contributed by atoms with van der Waals surface area (Å²) in [7, 11) is 0. The summed E-state index contributed by atoms with van der Waals surface area (Å²) in [5.74, 6) is 0. The number of anilines is 3. The molecule has 0 unspecified atom stereocenters. The van der Waals surface area contributed by atoms with Crippen molar-refractivity contribution in [2.45, 2.75) is 0 Å². The standard InChI is InChI=1S/C54H35NS/c1-3-14-36(15-4-1)40-20-13-21-42(32-40)55(43-29-28-39-27-26-38-18-7-9-22-45(38)49(39)34-43)44-30-31-48(50(35-44)37-16-5-2-6-17-37)53-46-23-10-8-19-41(46)33-51-47-24-11-12-25-52(47)56-54(51)53/h1-35H. The van der Waals surface area contributed by atoms with Crippen molar-refractivity contribution in [1.29, 1.82) is 0 Å². The average molecular weight is 730 g/mol. The van der Waals surface area contributed by atoms with Gasteiger partial charge in [0.2, 0.25) is 0 Å². The molecule has 0 aliphatic heterocycles. The molecular weight excluding hydrogens is 695 g/mol. The van der Waals surface area contributed by atoms with Crippen LogP contribution in [0.2, 0.25) is 0 Å². The fourth-order valence-electron chi connectivity index (χ4n) is 8.57. The summed E-state index contributed by atoms with van der Waals surface area (Å²) in [4.78, 5) is 2.43. The minimum atomic E-state index is 1.10. The lowest BCUT2D eigenvalue weighted by molar-refractivity contribution is 1.29. The lowest BCUT2D eigenvalue weighted by Gasteiger charge is -2.28. The van der Waals surface area contributed by atoms with Crippen LogP contribution in [0.5, 0.6) is 0 Å². The van der Waals surface area contributed by atoms with Gasteiger partial charge in [0.25, 0.3) is 0 Å². The van der Waals surface area contributed by atoms with Crippen molar-refractivity contribution in [2.24, 2.45) is 0 Å². The van der Waals surface area contributed by atoms with E-state index in [1.54, 1.807) is 0 Å². The van der Waals surface area contributed by atoms with E-state index in [0.717, 1.165) is 17.1 Å². The maximum absolute atomic E-state index is 2.43. The molecule has 2 heteroatoms. The van der Waals surface area contributed by atoms with Gasteiger partial charge in [-0.05, 0) is 109 Å². The van der Waals surface area contributed by atoms with Crippen molar-refractivity contribution in [1.82, 2.24) is 0 Å². The zero-order valence-electron chi connectivity index (χ0n) is 30.6. The highest BCUT2D eigenvalue weighted by Gasteiger charge is 2.21. The van der Waals surface area contributed by atoms with E-state index >= 15 is 0 Å². The fraction of sp³-hybridized carbons (Fsp3) is 0. The van der Waals surface area contributed by atoms with E-state index in [9.17, 15) is 0 Å². The van der Waals surface area contributed by atoms with E-state index in [1.165, 1.54) is 85.9 Å². The van der Waals surface area contributed by atoms with Gasteiger partial charge in [0.1, 0.15) is 0 Å². The lowest BCUT2D eigenvalue weighted by atomic mass is 9.89. The smallest absolute Gasteiger partial charge is 0.0468 e. The lowest BCUT2D eigenvalue weighted by Crippen LogP contribution is -2.10. The molecule has 11 rings (SSSR count). The van der Waals surface area contributed by atoms with Crippen LogP contribution in [-0.4, -0.2) is 0 Å². The number of rotatable bonds is 6. The highest BCUT2D eigenvalue weighted by Crippen LogP contribution is 2.48. The zero-order valence-corrected chi connectivity index (χ0v) is 31.4. The Morgan fingerprint density at radius 2 is 0.893 bits per heavy atom. The van der Waals surface area contributed by atoms with Crippen LogP contribution in [0, 0.1) is 0 Å². The van der Waals surface area contributed by atoms with Crippen molar-refractivity contribution < 1.29 is 0 Å². The summed E-state index contributed by atoms with van der Waals surface area (Å²) in [6.45, 7) is 0. The van der Waals surface area contributed by atoms with E-state index < -0.39 is 0 Å². The third-order valence-electron chi connectivity index (χ3n) is 11.2.